The van der Waals surface area contributed by atoms with Gasteiger partial charge in [-0.3, -0.25) is 14.4 Å². The summed E-state index contributed by atoms with van der Waals surface area (Å²) in [6.07, 6.45) is -0.293. The molecule has 0 bridgehead atoms. The van der Waals surface area contributed by atoms with Crippen LogP contribution in [0.4, 0.5) is 4.79 Å². The highest BCUT2D eigenvalue weighted by Gasteiger charge is 2.37. The van der Waals surface area contributed by atoms with Gasteiger partial charge in [0.25, 0.3) is 0 Å². The van der Waals surface area contributed by atoms with E-state index in [-0.39, 0.29) is 37.9 Å². The predicted molar refractivity (Wildman–Crippen MR) is 143 cm³/mol. The third kappa shape index (κ3) is 10.4. The number of hydrogen-bond acceptors (Lipinski definition) is 6. The van der Waals surface area contributed by atoms with Crippen LogP contribution in [0.15, 0.2) is 18.2 Å². The predicted octanol–water partition coefficient (Wildman–Crippen LogP) is 4.20. The van der Waals surface area contributed by atoms with E-state index in [1.54, 1.807) is 34.6 Å². The van der Waals surface area contributed by atoms with E-state index in [2.05, 4.69) is 10.6 Å². The Labute approximate surface area is 221 Å². The number of aryl methyl sites for hydroxylation is 2. The summed E-state index contributed by atoms with van der Waals surface area (Å²) in [4.78, 5) is 53.3. The van der Waals surface area contributed by atoms with E-state index in [4.69, 9.17) is 9.47 Å². The lowest BCUT2D eigenvalue weighted by atomic mass is 9.93. The van der Waals surface area contributed by atoms with Gasteiger partial charge in [-0.25, -0.2) is 4.79 Å². The van der Waals surface area contributed by atoms with E-state index in [1.807, 2.05) is 45.9 Å². The molecule has 9 nitrogen and oxygen atoms in total. The van der Waals surface area contributed by atoms with Crippen molar-refractivity contribution in [2.45, 2.75) is 92.8 Å². The van der Waals surface area contributed by atoms with Gasteiger partial charge in [0.2, 0.25) is 11.8 Å². The Morgan fingerprint density at radius 1 is 1.03 bits per heavy atom. The quantitative estimate of drug-likeness (QED) is 0.400. The first-order valence-corrected chi connectivity index (χ1v) is 13.0. The van der Waals surface area contributed by atoms with Gasteiger partial charge in [-0.1, -0.05) is 32.0 Å². The summed E-state index contributed by atoms with van der Waals surface area (Å²) in [5.74, 6) is -1.10. The average molecular weight is 520 g/mol. The molecule has 0 aromatic heterocycles. The fraction of sp³-hybridized carbons (Fsp3) is 0.643. The summed E-state index contributed by atoms with van der Waals surface area (Å²) in [5, 5.41) is 5.52. The molecule has 0 aliphatic carbocycles. The molecule has 2 N–H and O–H groups in total. The molecule has 0 fully saturated rings. The number of carbonyl (C=O) groups is 4. The third-order valence-corrected chi connectivity index (χ3v) is 5.63. The number of esters is 1. The maximum Gasteiger partial charge on any atom is 0.408 e. The molecule has 0 aliphatic rings. The minimum atomic E-state index is -0.948. The molecule has 2 atom stereocenters. The molecular formula is C28H45N3O6. The van der Waals surface area contributed by atoms with Crippen molar-refractivity contribution in [2.24, 2.45) is 5.92 Å². The van der Waals surface area contributed by atoms with Gasteiger partial charge in [-0.05, 0) is 77.5 Å². The molecule has 37 heavy (non-hydrogen) atoms. The van der Waals surface area contributed by atoms with Crippen molar-refractivity contribution in [1.82, 2.24) is 15.5 Å². The summed E-state index contributed by atoms with van der Waals surface area (Å²) < 4.78 is 10.3. The summed E-state index contributed by atoms with van der Waals surface area (Å²) in [6.45, 7) is 17.0. The van der Waals surface area contributed by atoms with E-state index >= 15 is 0 Å². The normalized spacial score (nSPS) is 12.9. The molecule has 0 spiro atoms. The summed E-state index contributed by atoms with van der Waals surface area (Å²) in [6, 6.07) is 3.85. The molecule has 0 aliphatic heterocycles. The summed E-state index contributed by atoms with van der Waals surface area (Å²) >= 11 is 0. The Kier molecular flexibility index (Phi) is 12.6. The van der Waals surface area contributed by atoms with Crippen molar-refractivity contribution in [3.63, 3.8) is 0 Å². The number of nitrogens with zero attached hydrogens (tertiary/aromatic N) is 1. The third-order valence-electron chi connectivity index (χ3n) is 5.63. The first-order valence-electron chi connectivity index (χ1n) is 13.0. The van der Waals surface area contributed by atoms with E-state index in [0.717, 1.165) is 11.1 Å². The van der Waals surface area contributed by atoms with Crippen molar-refractivity contribution in [1.29, 1.82) is 0 Å². The van der Waals surface area contributed by atoms with Crippen molar-refractivity contribution in [2.75, 3.05) is 19.7 Å². The lowest BCUT2D eigenvalue weighted by molar-refractivity contribution is -0.144. The molecule has 1 rings (SSSR count). The Morgan fingerprint density at radius 2 is 1.62 bits per heavy atom. The van der Waals surface area contributed by atoms with Gasteiger partial charge >= 0.3 is 12.1 Å². The van der Waals surface area contributed by atoms with E-state index in [1.165, 1.54) is 4.90 Å². The van der Waals surface area contributed by atoms with Crippen LogP contribution in [-0.2, 0) is 23.9 Å². The van der Waals surface area contributed by atoms with Crippen LogP contribution in [0.25, 0.3) is 0 Å². The molecule has 208 valence electrons. The number of amides is 3. The number of nitrogens with one attached hydrogen (secondary N) is 2. The van der Waals surface area contributed by atoms with Crippen LogP contribution in [0.2, 0.25) is 0 Å². The standard InChI is InChI=1S/C28H45N3O6/c1-10-31(26(34)21(17-18(3)4)30-27(35)37-28(7,8)9)24(23-19(5)13-12-14-20(23)6)25(33)29-16-15-22(32)36-11-2/h12-14,18,21,24H,10-11,15-17H2,1-9H3,(H,29,33)(H,30,35). The van der Waals surface area contributed by atoms with Crippen molar-refractivity contribution in [3.05, 3.63) is 34.9 Å². The fourth-order valence-corrected chi connectivity index (χ4v) is 4.11. The highest BCUT2D eigenvalue weighted by Crippen LogP contribution is 2.29. The van der Waals surface area contributed by atoms with Gasteiger partial charge in [0.15, 0.2) is 0 Å². The van der Waals surface area contributed by atoms with Crippen LogP contribution in [0.1, 0.15) is 84.0 Å². The van der Waals surface area contributed by atoms with Crippen molar-refractivity contribution in [3.8, 4) is 0 Å². The highest BCUT2D eigenvalue weighted by molar-refractivity contribution is 5.92. The number of rotatable bonds is 12. The number of alkyl carbamates (subject to hydrolysis) is 1. The largest absolute Gasteiger partial charge is 0.466 e. The second-order valence-electron chi connectivity index (χ2n) is 10.5. The van der Waals surface area contributed by atoms with E-state index < -0.39 is 35.7 Å². The van der Waals surface area contributed by atoms with Crippen LogP contribution in [0, 0.1) is 19.8 Å². The van der Waals surface area contributed by atoms with Crippen LogP contribution in [0.3, 0.4) is 0 Å². The molecule has 9 heteroatoms. The maximum atomic E-state index is 13.9. The molecular weight excluding hydrogens is 474 g/mol. The molecule has 0 heterocycles. The Morgan fingerprint density at radius 3 is 2.11 bits per heavy atom. The zero-order valence-electron chi connectivity index (χ0n) is 23.9. The van der Waals surface area contributed by atoms with Crippen molar-refractivity contribution >= 4 is 23.9 Å². The van der Waals surface area contributed by atoms with Crippen LogP contribution in [0.5, 0.6) is 0 Å². The van der Waals surface area contributed by atoms with Gasteiger partial charge < -0.3 is 25.0 Å². The molecule has 1 aromatic carbocycles. The van der Waals surface area contributed by atoms with Crippen LogP contribution in [-0.4, -0.2) is 60.1 Å². The minimum Gasteiger partial charge on any atom is -0.466 e. The van der Waals surface area contributed by atoms with Crippen molar-refractivity contribution < 1.29 is 28.7 Å². The molecule has 0 radical (unpaired) electrons. The number of ether oxygens (including phenoxy) is 2. The number of carbonyl (C=O) groups excluding carboxylic acids is 4. The number of benzene rings is 1. The second-order valence-corrected chi connectivity index (χ2v) is 10.5. The Hall–Kier alpha value is -3.10. The van der Waals surface area contributed by atoms with E-state index in [9.17, 15) is 19.2 Å². The lowest BCUT2D eigenvalue weighted by Crippen LogP contribution is -2.53. The number of likely N-dealkylation sites (N-methyl/N-ethyl adjacent to an activating group) is 1. The van der Waals surface area contributed by atoms with Gasteiger partial charge in [-0.15, -0.1) is 0 Å². The molecule has 1 aromatic rings. The van der Waals surface area contributed by atoms with Crippen LogP contribution < -0.4 is 10.6 Å². The van der Waals surface area contributed by atoms with E-state index in [0.29, 0.717) is 12.0 Å². The first kappa shape index (κ1) is 31.9. The first-order chi connectivity index (χ1) is 17.2. The molecule has 3 amide bonds. The molecule has 2 unspecified atom stereocenters. The number of hydrogen-bond donors (Lipinski definition) is 2. The SMILES string of the molecule is CCOC(=O)CCNC(=O)C(c1c(C)cccc1C)N(CC)C(=O)C(CC(C)C)NC(=O)OC(C)(C)C. The highest BCUT2D eigenvalue weighted by atomic mass is 16.6. The van der Waals surface area contributed by atoms with Gasteiger partial charge in [0.1, 0.15) is 17.7 Å². The summed E-state index contributed by atoms with van der Waals surface area (Å²) in [5.41, 5.74) is 1.71. The summed E-state index contributed by atoms with van der Waals surface area (Å²) in [7, 11) is 0. The smallest absolute Gasteiger partial charge is 0.408 e. The topological polar surface area (TPSA) is 114 Å². The molecule has 0 saturated carbocycles. The lowest BCUT2D eigenvalue weighted by Gasteiger charge is -2.35. The zero-order chi connectivity index (χ0) is 28.3. The Bertz CT molecular complexity index is 918. The molecule has 0 saturated heterocycles. The van der Waals surface area contributed by atoms with Gasteiger partial charge in [-0.2, -0.15) is 0 Å². The fourth-order valence-electron chi connectivity index (χ4n) is 4.11. The second kappa shape index (κ2) is 14.6. The minimum absolute atomic E-state index is 0.0231. The van der Waals surface area contributed by atoms with Crippen LogP contribution >= 0.6 is 0 Å². The average Bonchev–Trinajstić information content (AvgIpc) is 2.76. The Balaban J connectivity index is 3.38. The monoisotopic (exact) mass is 519 g/mol. The van der Waals surface area contributed by atoms with Gasteiger partial charge in [0.05, 0.1) is 13.0 Å². The maximum absolute atomic E-state index is 13.9. The van der Waals surface area contributed by atoms with Gasteiger partial charge in [0, 0.05) is 13.1 Å². The zero-order valence-corrected chi connectivity index (χ0v) is 23.9.